The van der Waals surface area contributed by atoms with Crippen molar-refractivity contribution in [2.45, 2.75) is 43.9 Å². The van der Waals surface area contributed by atoms with E-state index in [9.17, 15) is 19.5 Å². The van der Waals surface area contributed by atoms with Gasteiger partial charge in [-0.2, -0.15) is 0 Å². The molecular weight excluding hydrogens is 590 g/mol. The zero-order valence-corrected chi connectivity index (χ0v) is 24.6. The number of aromatic nitrogens is 3. The van der Waals surface area contributed by atoms with Gasteiger partial charge in [-0.25, -0.2) is 0 Å². The minimum atomic E-state index is -1.62. The second-order valence-electron chi connectivity index (χ2n) is 11.3. The number of aliphatic hydroxyl groups is 1. The van der Waals surface area contributed by atoms with Crippen molar-refractivity contribution in [3.63, 3.8) is 0 Å². The van der Waals surface area contributed by atoms with Gasteiger partial charge in [0, 0.05) is 51.3 Å². The lowest BCUT2D eigenvalue weighted by atomic mass is 10.0. The molecule has 46 heavy (non-hydrogen) atoms. The lowest BCUT2D eigenvalue weighted by Gasteiger charge is -2.38. The van der Waals surface area contributed by atoms with Crippen molar-refractivity contribution in [3.05, 3.63) is 108 Å². The molecule has 3 aromatic carbocycles. The van der Waals surface area contributed by atoms with Crippen LogP contribution in [0.3, 0.4) is 0 Å². The van der Waals surface area contributed by atoms with Gasteiger partial charge in [0.15, 0.2) is 24.6 Å². The van der Waals surface area contributed by atoms with Gasteiger partial charge < -0.3 is 39.0 Å². The SMILES string of the molecule is O=C(Cc1c[nH]c2ccccc12)O[C@@H]1[C@H](OC(=O)Cc2c[nH]c3ccccc23)COC(O)[C@@H]1OC(=O)Cc1c[nH]c2ccccc12. The molecule has 0 saturated carbocycles. The molecule has 11 heteroatoms. The number of benzene rings is 3. The van der Waals surface area contributed by atoms with Crippen molar-refractivity contribution >= 4 is 50.6 Å². The molecule has 234 valence electrons. The van der Waals surface area contributed by atoms with E-state index < -0.39 is 42.5 Å². The average molecular weight is 622 g/mol. The van der Waals surface area contributed by atoms with Gasteiger partial charge in [-0.1, -0.05) is 54.6 Å². The summed E-state index contributed by atoms with van der Waals surface area (Å²) in [5.74, 6) is -1.93. The first-order valence-corrected chi connectivity index (χ1v) is 15.0. The Bertz CT molecular complexity index is 2040. The maximum absolute atomic E-state index is 13.3. The van der Waals surface area contributed by atoms with Gasteiger partial charge in [-0.05, 0) is 34.9 Å². The molecule has 4 atom stereocenters. The number of ether oxygens (including phenoxy) is 4. The van der Waals surface area contributed by atoms with Crippen LogP contribution in [0, 0.1) is 0 Å². The monoisotopic (exact) mass is 621 g/mol. The van der Waals surface area contributed by atoms with E-state index in [4.69, 9.17) is 18.9 Å². The molecule has 0 bridgehead atoms. The average Bonchev–Trinajstić information content (AvgIpc) is 3.78. The van der Waals surface area contributed by atoms with Crippen molar-refractivity contribution in [1.29, 1.82) is 0 Å². The van der Waals surface area contributed by atoms with E-state index >= 15 is 0 Å². The van der Waals surface area contributed by atoms with E-state index in [0.717, 1.165) is 38.3 Å². The van der Waals surface area contributed by atoms with Crippen molar-refractivity contribution < 1.29 is 38.4 Å². The highest BCUT2D eigenvalue weighted by molar-refractivity contribution is 5.89. The zero-order chi connectivity index (χ0) is 31.6. The van der Waals surface area contributed by atoms with Crippen LogP contribution in [0.25, 0.3) is 32.7 Å². The summed E-state index contributed by atoms with van der Waals surface area (Å²) in [5, 5.41) is 13.4. The number of carbonyl (C=O) groups is 3. The number of para-hydroxylation sites is 3. The molecular formula is C35H31N3O8. The third-order valence-corrected chi connectivity index (χ3v) is 8.25. The number of aliphatic hydroxyl groups excluding tert-OH is 1. The number of hydrogen-bond acceptors (Lipinski definition) is 8. The Morgan fingerprint density at radius 1 is 0.609 bits per heavy atom. The van der Waals surface area contributed by atoms with Gasteiger partial charge in [0.05, 0.1) is 25.9 Å². The lowest BCUT2D eigenvalue weighted by Crippen LogP contribution is -2.57. The second kappa shape index (κ2) is 12.5. The molecule has 0 aliphatic carbocycles. The number of fused-ring (bicyclic) bond motifs is 3. The minimum absolute atomic E-state index is 0.0654. The first-order valence-electron chi connectivity index (χ1n) is 15.0. The summed E-state index contributed by atoms with van der Waals surface area (Å²) in [5.41, 5.74) is 4.72. The summed E-state index contributed by atoms with van der Waals surface area (Å²) in [7, 11) is 0. The molecule has 1 aliphatic heterocycles. The summed E-state index contributed by atoms with van der Waals surface area (Å²) in [4.78, 5) is 49.1. The molecule has 4 heterocycles. The van der Waals surface area contributed by atoms with Crippen LogP contribution < -0.4 is 0 Å². The molecule has 1 unspecified atom stereocenters. The Morgan fingerprint density at radius 2 is 1.00 bits per heavy atom. The van der Waals surface area contributed by atoms with Crippen LogP contribution in [0.2, 0.25) is 0 Å². The Morgan fingerprint density at radius 3 is 1.46 bits per heavy atom. The van der Waals surface area contributed by atoms with Crippen molar-refractivity contribution in [1.82, 2.24) is 15.0 Å². The fourth-order valence-electron chi connectivity index (χ4n) is 6.02. The molecule has 4 N–H and O–H groups in total. The van der Waals surface area contributed by atoms with Gasteiger partial charge in [0.1, 0.15) is 0 Å². The van der Waals surface area contributed by atoms with E-state index in [2.05, 4.69) is 15.0 Å². The fourth-order valence-corrected chi connectivity index (χ4v) is 6.02. The predicted octanol–water partition coefficient (Wildman–Crippen LogP) is 4.24. The third-order valence-electron chi connectivity index (χ3n) is 8.25. The Balaban J connectivity index is 1.11. The molecule has 11 nitrogen and oxygen atoms in total. The Labute approximate surface area is 262 Å². The number of esters is 3. The normalized spacial score (nSPS) is 19.8. The largest absolute Gasteiger partial charge is 0.456 e. The standard InChI is InChI=1S/C35H31N3O8/c39-30(13-20-16-36-26-10-4-1-7-23(20)26)44-29-19-43-35(42)34(46-32(41)15-22-18-38-28-12-6-3-9-25(22)28)33(29)45-31(40)14-21-17-37-27-11-5-2-8-24(21)27/h1-12,16-18,29,33-38,42H,13-15,19H2/t29-,33-,34-,35?/m1/s1. The molecule has 0 amide bonds. The number of aromatic amines is 3. The molecule has 3 aromatic heterocycles. The molecule has 0 spiro atoms. The summed E-state index contributed by atoms with van der Waals surface area (Å²) in [6.07, 6.45) is -0.677. The van der Waals surface area contributed by atoms with Crippen LogP contribution in [0.5, 0.6) is 0 Å². The molecule has 1 aliphatic rings. The topological polar surface area (TPSA) is 156 Å². The maximum atomic E-state index is 13.3. The highest BCUT2D eigenvalue weighted by Gasteiger charge is 2.47. The van der Waals surface area contributed by atoms with Gasteiger partial charge >= 0.3 is 17.9 Å². The maximum Gasteiger partial charge on any atom is 0.310 e. The van der Waals surface area contributed by atoms with Crippen LogP contribution in [-0.2, 0) is 52.6 Å². The number of H-pyrrole nitrogens is 3. The predicted molar refractivity (Wildman–Crippen MR) is 168 cm³/mol. The van der Waals surface area contributed by atoms with E-state index in [0.29, 0.717) is 11.1 Å². The van der Waals surface area contributed by atoms with E-state index in [1.54, 1.807) is 18.6 Å². The van der Waals surface area contributed by atoms with Gasteiger partial charge in [0.25, 0.3) is 0 Å². The van der Waals surface area contributed by atoms with Crippen molar-refractivity contribution in [2.75, 3.05) is 6.61 Å². The van der Waals surface area contributed by atoms with Crippen molar-refractivity contribution in [2.24, 2.45) is 0 Å². The molecule has 6 aromatic rings. The van der Waals surface area contributed by atoms with Crippen LogP contribution in [0.15, 0.2) is 91.4 Å². The summed E-state index contributed by atoms with van der Waals surface area (Å²) < 4.78 is 22.8. The second-order valence-corrected chi connectivity index (χ2v) is 11.3. The van der Waals surface area contributed by atoms with E-state index in [1.165, 1.54) is 0 Å². The highest BCUT2D eigenvalue weighted by Crippen LogP contribution is 2.27. The molecule has 1 fully saturated rings. The van der Waals surface area contributed by atoms with Gasteiger partial charge in [-0.3, -0.25) is 14.4 Å². The zero-order valence-electron chi connectivity index (χ0n) is 24.6. The lowest BCUT2D eigenvalue weighted by molar-refractivity contribution is -0.268. The smallest absolute Gasteiger partial charge is 0.310 e. The van der Waals surface area contributed by atoms with Crippen LogP contribution in [-0.4, -0.2) is 69.2 Å². The number of rotatable bonds is 9. The third kappa shape index (κ3) is 5.97. The van der Waals surface area contributed by atoms with Gasteiger partial charge in [-0.15, -0.1) is 0 Å². The van der Waals surface area contributed by atoms with E-state index in [1.807, 2.05) is 72.8 Å². The fraction of sp³-hybridized carbons (Fsp3) is 0.229. The molecule has 7 rings (SSSR count). The summed E-state index contributed by atoms with van der Waals surface area (Å²) in [6, 6.07) is 22.6. The Hall–Kier alpha value is -5.39. The number of nitrogens with one attached hydrogen (secondary N) is 3. The van der Waals surface area contributed by atoms with Gasteiger partial charge in [0.2, 0.25) is 0 Å². The quantitative estimate of drug-likeness (QED) is 0.138. The summed E-state index contributed by atoms with van der Waals surface area (Å²) >= 11 is 0. The molecule has 1 saturated heterocycles. The summed E-state index contributed by atoms with van der Waals surface area (Å²) in [6.45, 7) is -0.275. The van der Waals surface area contributed by atoms with Crippen LogP contribution in [0.1, 0.15) is 16.7 Å². The first kappa shape index (κ1) is 29.3. The van der Waals surface area contributed by atoms with Crippen LogP contribution >= 0.6 is 0 Å². The first-order chi connectivity index (χ1) is 22.4. The van der Waals surface area contributed by atoms with Crippen LogP contribution in [0.4, 0.5) is 0 Å². The minimum Gasteiger partial charge on any atom is -0.456 e. The number of hydrogen-bond donors (Lipinski definition) is 4. The van der Waals surface area contributed by atoms with Crippen molar-refractivity contribution in [3.8, 4) is 0 Å². The highest BCUT2D eigenvalue weighted by atomic mass is 16.7. The Kier molecular flexibility index (Phi) is 8.00. The number of carbonyl (C=O) groups excluding carboxylic acids is 3. The van der Waals surface area contributed by atoms with E-state index in [-0.39, 0.29) is 25.9 Å². The molecule has 0 radical (unpaired) electrons.